The maximum Gasteiger partial charge on any atom is 0.201 e. The average molecular weight is 477 g/mol. The molecule has 1 fully saturated rings. The highest BCUT2D eigenvalue weighted by molar-refractivity contribution is 5.66. The highest BCUT2D eigenvalue weighted by Crippen LogP contribution is 2.41. The van der Waals surface area contributed by atoms with Gasteiger partial charge in [-0.3, -0.25) is 0 Å². The lowest BCUT2D eigenvalue weighted by atomic mass is 9.77. The van der Waals surface area contributed by atoms with Gasteiger partial charge in [0.1, 0.15) is 0 Å². The van der Waals surface area contributed by atoms with Gasteiger partial charge in [0, 0.05) is 11.1 Å². The van der Waals surface area contributed by atoms with Gasteiger partial charge in [0.15, 0.2) is 23.2 Å². The lowest BCUT2D eigenvalue weighted by Gasteiger charge is -2.29. The smallest absolute Gasteiger partial charge is 0.201 e. The largest absolute Gasteiger partial charge is 0.490 e. The van der Waals surface area contributed by atoms with Gasteiger partial charge in [-0.15, -0.1) is 0 Å². The third-order valence-electron chi connectivity index (χ3n) is 6.97. The van der Waals surface area contributed by atoms with Crippen LogP contribution in [0.5, 0.6) is 5.75 Å². The quantitative estimate of drug-likeness (QED) is 0.178. The number of halogens is 4. The highest BCUT2D eigenvalue weighted by atomic mass is 19.2. The first-order valence-electron chi connectivity index (χ1n) is 12.7. The van der Waals surface area contributed by atoms with Crippen molar-refractivity contribution in [1.82, 2.24) is 0 Å². The molecule has 0 aliphatic heterocycles. The Labute approximate surface area is 201 Å². The summed E-state index contributed by atoms with van der Waals surface area (Å²) >= 11 is 0. The van der Waals surface area contributed by atoms with E-state index in [9.17, 15) is 8.78 Å². The second-order valence-electron chi connectivity index (χ2n) is 9.34. The van der Waals surface area contributed by atoms with Crippen molar-refractivity contribution in [2.75, 3.05) is 6.61 Å². The number of ether oxygens (including phenoxy) is 1. The Balaban J connectivity index is 1.70. The van der Waals surface area contributed by atoms with E-state index >= 15 is 8.78 Å². The predicted molar refractivity (Wildman–Crippen MR) is 130 cm³/mol. The van der Waals surface area contributed by atoms with Crippen LogP contribution in [0.2, 0.25) is 0 Å². The number of benzene rings is 2. The van der Waals surface area contributed by atoms with Crippen LogP contribution in [0.25, 0.3) is 11.1 Å². The van der Waals surface area contributed by atoms with Gasteiger partial charge in [0.05, 0.1) is 6.61 Å². The van der Waals surface area contributed by atoms with Gasteiger partial charge in [0.25, 0.3) is 0 Å². The van der Waals surface area contributed by atoms with E-state index in [-0.39, 0.29) is 29.4 Å². The minimum absolute atomic E-state index is 0.0495. The Morgan fingerprint density at radius 2 is 1.50 bits per heavy atom. The summed E-state index contributed by atoms with van der Waals surface area (Å²) in [5, 5.41) is 0. The molecular formula is C29H36F4O. The summed E-state index contributed by atoms with van der Waals surface area (Å²) in [6.45, 7) is 4.38. The molecule has 0 N–H and O–H groups in total. The van der Waals surface area contributed by atoms with Gasteiger partial charge in [-0.25, -0.2) is 13.2 Å². The maximum atomic E-state index is 15.0. The molecule has 0 spiro atoms. The van der Waals surface area contributed by atoms with Crippen molar-refractivity contribution in [3.8, 4) is 16.9 Å². The van der Waals surface area contributed by atoms with Crippen LogP contribution in [0.15, 0.2) is 36.4 Å². The van der Waals surface area contributed by atoms with Crippen LogP contribution in [-0.4, -0.2) is 6.61 Å². The van der Waals surface area contributed by atoms with E-state index in [1.807, 2.05) is 6.92 Å². The van der Waals surface area contributed by atoms with Crippen LogP contribution < -0.4 is 4.74 Å². The molecule has 0 atom stereocenters. The lowest BCUT2D eigenvalue weighted by molar-refractivity contribution is 0.285. The molecule has 0 unspecified atom stereocenters. The zero-order chi connectivity index (χ0) is 24.5. The standard InChI is InChI=1S/C29H36F4O/c1-3-5-7-9-19-34-25-18-17-24(28(32)29(25)33)23-16-15-22(26(30)27(23)31)21-13-11-20(12-14-21)10-8-6-4-2/h4,6,15-18,20-21H,3,5,7-14,19H2,1-2H3/b6-4+. The van der Waals surface area contributed by atoms with E-state index < -0.39 is 23.3 Å². The third-order valence-corrected chi connectivity index (χ3v) is 6.97. The minimum Gasteiger partial charge on any atom is -0.490 e. The van der Waals surface area contributed by atoms with Crippen molar-refractivity contribution in [1.29, 1.82) is 0 Å². The Morgan fingerprint density at radius 3 is 2.18 bits per heavy atom. The van der Waals surface area contributed by atoms with Crippen molar-refractivity contribution in [2.45, 2.75) is 84.0 Å². The van der Waals surface area contributed by atoms with Gasteiger partial charge in [0.2, 0.25) is 5.82 Å². The van der Waals surface area contributed by atoms with Gasteiger partial charge in [-0.2, -0.15) is 4.39 Å². The fraction of sp³-hybridized carbons (Fsp3) is 0.517. The molecule has 3 rings (SSSR count). The van der Waals surface area contributed by atoms with Crippen LogP contribution in [-0.2, 0) is 0 Å². The second-order valence-corrected chi connectivity index (χ2v) is 9.34. The molecule has 0 aromatic heterocycles. The molecule has 0 amide bonds. The Morgan fingerprint density at radius 1 is 0.824 bits per heavy atom. The molecule has 186 valence electrons. The summed E-state index contributed by atoms with van der Waals surface area (Å²) in [7, 11) is 0. The van der Waals surface area contributed by atoms with E-state index in [0.29, 0.717) is 11.5 Å². The number of hydrogen-bond acceptors (Lipinski definition) is 1. The molecule has 5 heteroatoms. The Hall–Kier alpha value is -2.30. The maximum absolute atomic E-state index is 15.0. The van der Waals surface area contributed by atoms with Gasteiger partial charge in [-0.1, -0.05) is 50.5 Å². The summed E-state index contributed by atoms with van der Waals surface area (Å²) in [6, 6.07) is 5.45. The molecule has 1 saturated carbocycles. The van der Waals surface area contributed by atoms with E-state index in [0.717, 1.165) is 64.2 Å². The summed E-state index contributed by atoms with van der Waals surface area (Å²) in [4.78, 5) is 0. The molecule has 0 saturated heterocycles. The summed E-state index contributed by atoms with van der Waals surface area (Å²) in [5.41, 5.74) is -0.236. The molecule has 1 aliphatic rings. The highest BCUT2D eigenvalue weighted by Gasteiger charge is 2.27. The molecule has 34 heavy (non-hydrogen) atoms. The molecule has 0 heterocycles. The number of unbranched alkanes of at least 4 members (excludes halogenated alkanes) is 3. The molecule has 2 aromatic carbocycles. The number of hydrogen-bond donors (Lipinski definition) is 0. The van der Waals surface area contributed by atoms with E-state index in [4.69, 9.17) is 4.74 Å². The van der Waals surface area contributed by atoms with Crippen LogP contribution in [0.1, 0.15) is 89.5 Å². The zero-order valence-corrected chi connectivity index (χ0v) is 20.3. The normalized spacial score (nSPS) is 18.5. The van der Waals surface area contributed by atoms with Crippen molar-refractivity contribution in [2.24, 2.45) is 5.92 Å². The monoisotopic (exact) mass is 476 g/mol. The summed E-state index contributed by atoms with van der Waals surface area (Å²) < 4.78 is 64.7. The van der Waals surface area contributed by atoms with Crippen LogP contribution >= 0.6 is 0 Å². The fourth-order valence-corrected chi connectivity index (χ4v) is 4.91. The van der Waals surface area contributed by atoms with Gasteiger partial charge < -0.3 is 4.74 Å². The zero-order valence-electron chi connectivity index (χ0n) is 20.3. The molecule has 2 aromatic rings. The molecule has 0 radical (unpaired) electrons. The number of rotatable bonds is 11. The van der Waals surface area contributed by atoms with E-state index in [2.05, 4.69) is 19.1 Å². The predicted octanol–water partition coefficient (Wildman–Crippen LogP) is 9.50. The van der Waals surface area contributed by atoms with Crippen molar-refractivity contribution in [3.05, 3.63) is 65.2 Å². The Bertz CT molecular complexity index is 961. The second kappa shape index (κ2) is 13.0. The first-order valence-corrected chi connectivity index (χ1v) is 12.7. The SMILES string of the molecule is C/C=C/CCC1CCC(c2ccc(-c3ccc(OCCCCCC)c(F)c3F)c(F)c2F)CC1. The average Bonchev–Trinajstić information content (AvgIpc) is 2.84. The van der Waals surface area contributed by atoms with E-state index in [1.54, 1.807) is 0 Å². The van der Waals surface area contributed by atoms with Gasteiger partial charge >= 0.3 is 0 Å². The minimum atomic E-state index is -1.22. The van der Waals surface area contributed by atoms with Gasteiger partial charge in [-0.05, 0) is 81.4 Å². The molecule has 1 nitrogen and oxygen atoms in total. The molecular weight excluding hydrogens is 440 g/mol. The Kier molecular flexibility index (Phi) is 10.0. The van der Waals surface area contributed by atoms with Crippen molar-refractivity contribution < 1.29 is 22.3 Å². The van der Waals surface area contributed by atoms with Crippen molar-refractivity contribution >= 4 is 0 Å². The molecule has 1 aliphatic carbocycles. The first kappa shape index (κ1) is 26.3. The lowest BCUT2D eigenvalue weighted by Crippen LogP contribution is -2.15. The topological polar surface area (TPSA) is 9.23 Å². The first-order chi connectivity index (χ1) is 16.5. The van der Waals surface area contributed by atoms with Crippen LogP contribution in [0.4, 0.5) is 17.6 Å². The van der Waals surface area contributed by atoms with Crippen LogP contribution in [0.3, 0.4) is 0 Å². The fourth-order valence-electron chi connectivity index (χ4n) is 4.91. The summed E-state index contributed by atoms with van der Waals surface area (Å²) in [5.74, 6) is -4.12. The van der Waals surface area contributed by atoms with E-state index in [1.165, 1.54) is 24.3 Å². The van der Waals surface area contributed by atoms with Crippen molar-refractivity contribution in [3.63, 3.8) is 0 Å². The molecule has 0 bridgehead atoms. The third kappa shape index (κ3) is 6.43. The van der Waals surface area contributed by atoms with Crippen LogP contribution in [0, 0.1) is 29.2 Å². The number of allylic oxidation sites excluding steroid dienone is 2. The summed E-state index contributed by atoms with van der Waals surface area (Å²) in [6.07, 6.45) is 13.8.